The highest BCUT2D eigenvalue weighted by Crippen LogP contribution is 2.21. The second kappa shape index (κ2) is 10.2. The molecule has 8 heteroatoms. The van der Waals surface area contributed by atoms with Crippen molar-refractivity contribution in [3.05, 3.63) is 34.9 Å². The van der Waals surface area contributed by atoms with E-state index in [-0.39, 0.29) is 24.9 Å². The van der Waals surface area contributed by atoms with Crippen molar-refractivity contribution < 1.29 is 17.9 Å². The summed E-state index contributed by atoms with van der Waals surface area (Å²) >= 11 is 6.01. The Morgan fingerprint density at radius 3 is 2.61 bits per heavy atom. The van der Waals surface area contributed by atoms with E-state index in [4.69, 9.17) is 21.1 Å². The molecule has 1 atom stereocenters. The third-order valence-electron chi connectivity index (χ3n) is 3.28. The molecule has 0 bridgehead atoms. The Bertz CT molecular complexity index is 566. The van der Waals surface area contributed by atoms with E-state index in [0.29, 0.717) is 18.2 Å². The Morgan fingerprint density at radius 2 is 2.00 bits per heavy atom. The lowest BCUT2D eigenvalue weighted by atomic mass is 10.1. The number of sulfonamides is 1. The summed E-state index contributed by atoms with van der Waals surface area (Å²) in [5.74, 6) is -0.0770. The molecule has 1 N–H and O–H groups in total. The van der Waals surface area contributed by atoms with Gasteiger partial charge in [0.15, 0.2) is 0 Å². The van der Waals surface area contributed by atoms with E-state index in [1.54, 1.807) is 13.2 Å². The van der Waals surface area contributed by atoms with Crippen LogP contribution in [0.3, 0.4) is 0 Å². The molecule has 6 nitrogen and oxygen atoms in total. The Balaban J connectivity index is 2.54. The fourth-order valence-electron chi connectivity index (χ4n) is 2.00. The highest BCUT2D eigenvalue weighted by Gasteiger charge is 2.18. The number of likely N-dealkylation sites (N-methyl/N-ethyl adjacent to an activating group) is 1. The van der Waals surface area contributed by atoms with E-state index in [1.165, 1.54) is 0 Å². The monoisotopic (exact) mass is 364 g/mol. The SMILES string of the molecule is COCCOCCS(=O)(=O)NCC(c1cccc(Cl)c1)N(C)C. The number of rotatable bonds is 11. The highest BCUT2D eigenvalue weighted by atomic mass is 35.5. The molecule has 0 aliphatic heterocycles. The van der Waals surface area contributed by atoms with Gasteiger partial charge in [0.25, 0.3) is 0 Å². The van der Waals surface area contributed by atoms with E-state index in [0.717, 1.165) is 5.56 Å². The molecule has 1 aromatic carbocycles. The van der Waals surface area contributed by atoms with Crippen LogP contribution in [0.15, 0.2) is 24.3 Å². The predicted octanol–water partition coefficient (Wildman–Crippen LogP) is 1.53. The molecule has 1 aromatic rings. The zero-order valence-corrected chi connectivity index (χ0v) is 15.4. The lowest BCUT2D eigenvalue weighted by Gasteiger charge is -2.25. The Labute approximate surface area is 143 Å². The van der Waals surface area contributed by atoms with Crippen LogP contribution >= 0.6 is 11.6 Å². The maximum Gasteiger partial charge on any atom is 0.213 e. The first-order valence-electron chi connectivity index (χ1n) is 7.31. The number of nitrogens with one attached hydrogen (secondary N) is 1. The topological polar surface area (TPSA) is 67.9 Å². The van der Waals surface area contributed by atoms with Crippen LogP contribution in [0.1, 0.15) is 11.6 Å². The van der Waals surface area contributed by atoms with Gasteiger partial charge in [-0.1, -0.05) is 23.7 Å². The van der Waals surface area contributed by atoms with Crippen LogP contribution in [0.25, 0.3) is 0 Å². The number of benzene rings is 1. The van der Waals surface area contributed by atoms with Gasteiger partial charge in [0, 0.05) is 24.7 Å². The second-order valence-corrected chi connectivity index (χ2v) is 7.67. The minimum Gasteiger partial charge on any atom is -0.382 e. The Morgan fingerprint density at radius 1 is 1.26 bits per heavy atom. The van der Waals surface area contributed by atoms with Crippen LogP contribution in [0.2, 0.25) is 5.02 Å². The van der Waals surface area contributed by atoms with Gasteiger partial charge in [-0.25, -0.2) is 13.1 Å². The summed E-state index contributed by atoms with van der Waals surface area (Å²) < 4.78 is 36.7. The average Bonchev–Trinajstić information content (AvgIpc) is 2.47. The van der Waals surface area contributed by atoms with Crippen LogP contribution < -0.4 is 4.72 Å². The highest BCUT2D eigenvalue weighted by molar-refractivity contribution is 7.89. The molecule has 23 heavy (non-hydrogen) atoms. The normalized spacial score (nSPS) is 13.4. The molecular weight excluding hydrogens is 340 g/mol. The lowest BCUT2D eigenvalue weighted by Crippen LogP contribution is -2.36. The van der Waals surface area contributed by atoms with Crippen molar-refractivity contribution in [3.8, 4) is 0 Å². The molecule has 1 unspecified atom stereocenters. The van der Waals surface area contributed by atoms with Crippen LogP contribution in [0, 0.1) is 0 Å². The average molecular weight is 365 g/mol. The standard InChI is InChI=1S/C15H25ClN2O4S/c1-18(2)15(13-5-4-6-14(16)11-13)12-17-23(19,20)10-9-22-8-7-21-3/h4-6,11,15,17H,7-10,12H2,1-3H3. The molecule has 132 valence electrons. The zero-order valence-electron chi connectivity index (χ0n) is 13.8. The third-order valence-corrected chi connectivity index (χ3v) is 4.83. The van der Waals surface area contributed by atoms with Gasteiger partial charge in [-0.15, -0.1) is 0 Å². The minimum atomic E-state index is -3.39. The zero-order chi connectivity index (χ0) is 17.3. The summed E-state index contributed by atoms with van der Waals surface area (Å²) in [6.07, 6.45) is 0. The molecule has 0 heterocycles. The molecule has 0 amide bonds. The summed E-state index contributed by atoms with van der Waals surface area (Å²) in [5.41, 5.74) is 0.960. The predicted molar refractivity (Wildman–Crippen MR) is 92.4 cm³/mol. The molecule has 0 saturated heterocycles. The molecule has 0 saturated carbocycles. The smallest absolute Gasteiger partial charge is 0.213 e. The van der Waals surface area contributed by atoms with Crippen molar-refractivity contribution in [2.45, 2.75) is 6.04 Å². The fourth-order valence-corrected chi connectivity index (χ4v) is 3.10. The maximum atomic E-state index is 12.0. The molecule has 0 aromatic heterocycles. The number of halogens is 1. The molecule has 1 rings (SSSR count). The summed E-state index contributed by atoms with van der Waals surface area (Å²) in [6, 6.07) is 7.32. The Hall–Kier alpha value is -0.700. The first-order chi connectivity index (χ1) is 10.9. The van der Waals surface area contributed by atoms with Gasteiger partial charge in [-0.3, -0.25) is 0 Å². The van der Waals surface area contributed by atoms with Crippen molar-refractivity contribution in [3.63, 3.8) is 0 Å². The number of nitrogens with zero attached hydrogens (tertiary/aromatic N) is 1. The molecule has 0 fully saturated rings. The molecule has 0 aliphatic rings. The van der Waals surface area contributed by atoms with Gasteiger partial charge < -0.3 is 14.4 Å². The van der Waals surface area contributed by atoms with Crippen LogP contribution in [0.5, 0.6) is 0 Å². The van der Waals surface area contributed by atoms with E-state index >= 15 is 0 Å². The van der Waals surface area contributed by atoms with Crippen molar-refractivity contribution in [2.24, 2.45) is 0 Å². The van der Waals surface area contributed by atoms with Gasteiger partial charge in [0.05, 0.1) is 25.6 Å². The van der Waals surface area contributed by atoms with Gasteiger partial charge in [-0.05, 0) is 31.8 Å². The quantitative estimate of drug-likeness (QED) is 0.603. The summed E-state index contributed by atoms with van der Waals surface area (Å²) in [7, 11) is 1.97. The molecule has 0 radical (unpaired) electrons. The number of ether oxygens (including phenoxy) is 2. The van der Waals surface area contributed by atoms with Crippen LogP contribution in [0.4, 0.5) is 0 Å². The first kappa shape index (κ1) is 20.3. The summed E-state index contributed by atoms with van der Waals surface area (Å²) in [6.45, 7) is 1.25. The second-order valence-electron chi connectivity index (χ2n) is 5.31. The lowest BCUT2D eigenvalue weighted by molar-refractivity contribution is 0.0784. The van der Waals surface area contributed by atoms with Crippen LogP contribution in [-0.2, 0) is 19.5 Å². The van der Waals surface area contributed by atoms with E-state index in [1.807, 2.05) is 37.2 Å². The van der Waals surface area contributed by atoms with Crippen molar-refractivity contribution in [1.82, 2.24) is 9.62 Å². The number of hydrogen-bond donors (Lipinski definition) is 1. The van der Waals surface area contributed by atoms with E-state index < -0.39 is 10.0 Å². The Kier molecular flexibility index (Phi) is 9.04. The fraction of sp³-hybridized carbons (Fsp3) is 0.600. The largest absolute Gasteiger partial charge is 0.382 e. The van der Waals surface area contributed by atoms with Crippen molar-refractivity contribution in [2.75, 3.05) is 53.3 Å². The van der Waals surface area contributed by atoms with Gasteiger partial charge in [0.1, 0.15) is 0 Å². The minimum absolute atomic E-state index is 0.0770. The van der Waals surface area contributed by atoms with Crippen molar-refractivity contribution >= 4 is 21.6 Å². The van der Waals surface area contributed by atoms with Crippen LogP contribution in [-0.4, -0.2) is 66.6 Å². The summed E-state index contributed by atoms with van der Waals surface area (Å²) in [5, 5.41) is 0.628. The van der Waals surface area contributed by atoms with E-state index in [9.17, 15) is 8.42 Å². The van der Waals surface area contributed by atoms with Gasteiger partial charge >= 0.3 is 0 Å². The first-order valence-corrected chi connectivity index (χ1v) is 9.34. The molecule has 0 aliphatic carbocycles. The van der Waals surface area contributed by atoms with Gasteiger partial charge in [0.2, 0.25) is 10.0 Å². The summed E-state index contributed by atoms with van der Waals surface area (Å²) in [4.78, 5) is 1.95. The van der Waals surface area contributed by atoms with Crippen molar-refractivity contribution in [1.29, 1.82) is 0 Å². The third kappa shape index (κ3) is 8.10. The number of hydrogen-bond acceptors (Lipinski definition) is 5. The van der Waals surface area contributed by atoms with E-state index in [2.05, 4.69) is 4.72 Å². The van der Waals surface area contributed by atoms with Gasteiger partial charge in [-0.2, -0.15) is 0 Å². The molecule has 0 spiro atoms. The maximum absolute atomic E-state index is 12.0. The molecular formula is C15H25ClN2O4S. The number of methoxy groups -OCH3 is 1.